The summed E-state index contributed by atoms with van der Waals surface area (Å²) in [5, 5.41) is 19.0. The number of aromatic hydroxyl groups is 1. The summed E-state index contributed by atoms with van der Waals surface area (Å²) >= 11 is 1.18. The summed E-state index contributed by atoms with van der Waals surface area (Å²) in [5.74, 6) is 0.0636. The Morgan fingerprint density at radius 3 is 2.55 bits per heavy atom. The van der Waals surface area contributed by atoms with Crippen LogP contribution in [0, 0.1) is 0 Å². The number of aryl methyl sites for hydroxylation is 2. The van der Waals surface area contributed by atoms with E-state index in [1.54, 1.807) is 36.4 Å². The number of rotatable bonds is 5. The van der Waals surface area contributed by atoms with Gasteiger partial charge in [0, 0.05) is 10.8 Å². The van der Waals surface area contributed by atoms with Crippen molar-refractivity contribution in [3.8, 4) is 5.75 Å². The minimum Gasteiger partial charge on any atom is -0.506 e. The summed E-state index contributed by atoms with van der Waals surface area (Å²) in [6.45, 7) is 0. The number of hydrogen-bond acceptors (Lipinski definition) is 6. The van der Waals surface area contributed by atoms with Gasteiger partial charge in [0.25, 0.3) is 10.0 Å². The lowest BCUT2D eigenvalue weighted by Crippen LogP contribution is -2.14. The molecule has 0 unspecified atom stereocenters. The van der Waals surface area contributed by atoms with E-state index < -0.39 is 10.0 Å². The van der Waals surface area contributed by atoms with Gasteiger partial charge in [-0.15, -0.1) is 0 Å². The van der Waals surface area contributed by atoms with Gasteiger partial charge in [0.15, 0.2) is 5.16 Å². The Morgan fingerprint density at radius 2 is 1.77 bits per heavy atom. The molecular weight excluding hydrogens is 432 g/mol. The second kappa shape index (κ2) is 7.90. The predicted octanol–water partition coefficient (Wildman–Crippen LogP) is 4.49. The minimum absolute atomic E-state index is 0.0636. The van der Waals surface area contributed by atoms with E-state index in [0.29, 0.717) is 26.5 Å². The molecule has 158 valence electrons. The molecule has 0 saturated carbocycles. The molecule has 0 bridgehead atoms. The van der Waals surface area contributed by atoms with Crippen LogP contribution in [-0.4, -0.2) is 28.7 Å². The van der Waals surface area contributed by atoms with E-state index in [4.69, 9.17) is 0 Å². The second-order valence-electron chi connectivity index (χ2n) is 7.45. The van der Waals surface area contributed by atoms with Crippen molar-refractivity contribution >= 4 is 38.2 Å². The lowest BCUT2D eigenvalue weighted by atomic mass is 9.92. The number of aromatic nitrogens is 3. The maximum absolute atomic E-state index is 13.2. The topological polar surface area (TPSA) is 108 Å². The van der Waals surface area contributed by atoms with Crippen molar-refractivity contribution in [1.29, 1.82) is 0 Å². The van der Waals surface area contributed by atoms with Gasteiger partial charge in [-0.1, -0.05) is 30.3 Å². The number of H-pyrrole nitrogens is 1. The van der Waals surface area contributed by atoms with E-state index in [-0.39, 0.29) is 10.6 Å². The largest absolute Gasteiger partial charge is 0.506 e. The molecule has 0 amide bonds. The highest BCUT2D eigenvalue weighted by molar-refractivity contribution is 7.99. The highest BCUT2D eigenvalue weighted by atomic mass is 32.2. The van der Waals surface area contributed by atoms with Crippen LogP contribution in [0.4, 0.5) is 5.69 Å². The zero-order chi connectivity index (χ0) is 21.4. The Morgan fingerprint density at radius 1 is 1.00 bits per heavy atom. The summed E-state index contributed by atoms with van der Waals surface area (Å²) in [7, 11) is -3.81. The van der Waals surface area contributed by atoms with E-state index in [0.717, 1.165) is 31.2 Å². The number of fused-ring (bicyclic) bond motifs is 2. The molecule has 0 saturated heterocycles. The summed E-state index contributed by atoms with van der Waals surface area (Å²) in [6.07, 6.45) is 5.49. The van der Waals surface area contributed by atoms with Gasteiger partial charge in [0.2, 0.25) is 0 Å². The van der Waals surface area contributed by atoms with Crippen molar-refractivity contribution in [2.24, 2.45) is 0 Å². The van der Waals surface area contributed by atoms with Gasteiger partial charge >= 0.3 is 0 Å². The molecule has 1 aliphatic carbocycles. The van der Waals surface area contributed by atoms with E-state index in [2.05, 4.69) is 19.9 Å². The van der Waals surface area contributed by atoms with E-state index in [9.17, 15) is 13.5 Å². The molecule has 0 fully saturated rings. The smallest absolute Gasteiger partial charge is 0.261 e. The van der Waals surface area contributed by atoms with Crippen molar-refractivity contribution in [3.63, 3.8) is 0 Å². The molecule has 1 heterocycles. The normalized spacial score (nSPS) is 13.8. The van der Waals surface area contributed by atoms with Gasteiger partial charge in [0.05, 0.1) is 15.5 Å². The standard InChI is InChI=1S/C22H20N4O3S2/c27-21-18-8-4-3-7-17(18)19(12-20(21)30-22-23-13-24-25-22)26-31(28,29)16-10-9-14-5-1-2-6-15(14)11-16/h3-4,7-13,26-27H,1-2,5-6H2,(H,23,24,25). The van der Waals surface area contributed by atoms with Crippen LogP contribution in [0.25, 0.3) is 10.8 Å². The van der Waals surface area contributed by atoms with Crippen molar-refractivity contribution in [2.75, 3.05) is 4.72 Å². The molecule has 1 aromatic heterocycles. The number of aromatic amines is 1. The van der Waals surface area contributed by atoms with Gasteiger partial charge in [0.1, 0.15) is 12.1 Å². The SMILES string of the molecule is O=S(=O)(Nc1cc(Sc2ncn[nH]2)c(O)c2ccccc12)c1ccc2c(c1)CCCC2. The average molecular weight is 453 g/mol. The molecule has 0 spiro atoms. The summed E-state index contributed by atoms with van der Waals surface area (Å²) in [6, 6.07) is 14.1. The number of benzene rings is 3. The van der Waals surface area contributed by atoms with Crippen LogP contribution in [-0.2, 0) is 22.9 Å². The molecule has 0 aliphatic heterocycles. The van der Waals surface area contributed by atoms with Crippen LogP contribution >= 0.6 is 11.8 Å². The molecule has 7 nitrogen and oxygen atoms in total. The lowest BCUT2D eigenvalue weighted by Gasteiger charge is -2.18. The highest BCUT2D eigenvalue weighted by Crippen LogP contribution is 2.42. The minimum atomic E-state index is -3.81. The van der Waals surface area contributed by atoms with Crippen molar-refractivity contribution in [2.45, 2.75) is 40.6 Å². The van der Waals surface area contributed by atoms with E-state index in [1.807, 2.05) is 12.1 Å². The molecule has 0 atom stereocenters. The van der Waals surface area contributed by atoms with Crippen molar-refractivity contribution < 1.29 is 13.5 Å². The number of hydrogen-bond donors (Lipinski definition) is 3. The van der Waals surface area contributed by atoms with E-state index >= 15 is 0 Å². The predicted molar refractivity (Wildman–Crippen MR) is 120 cm³/mol. The fourth-order valence-corrected chi connectivity index (χ4v) is 5.84. The van der Waals surface area contributed by atoms with Crippen molar-refractivity contribution in [1.82, 2.24) is 15.2 Å². The first-order valence-corrected chi connectivity index (χ1v) is 12.2. The highest BCUT2D eigenvalue weighted by Gasteiger charge is 2.21. The Labute approximate surface area is 184 Å². The summed E-state index contributed by atoms with van der Waals surface area (Å²) < 4.78 is 29.2. The molecule has 1 aliphatic rings. The van der Waals surface area contributed by atoms with Gasteiger partial charge in [-0.25, -0.2) is 13.4 Å². The third-order valence-electron chi connectivity index (χ3n) is 5.46. The zero-order valence-electron chi connectivity index (χ0n) is 16.5. The Kier molecular flexibility index (Phi) is 5.07. The Bertz CT molecular complexity index is 1370. The second-order valence-corrected chi connectivity index (χ2v) is 10.2. The van der Waals surface area contributed by atoms with Gasteiger partial charge in [-0.05, 0) is 66.8 Å². The third-order valence-corrected chi connectivity index (χ3v) is 7.74. The molecular formula is C22H20N4O3S2. The van der Waals surface area contributed by atoms with E-state index in [1.165, 1.54) is 23.7 Å². The first-order chi connectivity index (χ1) is 15.0. The van der Waals surface area contributed by atoms with Crippen LogP contribution < -0.4 is 4.72 Å². The van der Waals surface area contributed by atoms with Gasteiger partial charge in [-0.3, -0.25) is 9.82 Å². The fraction of sp³-hybridized carbons (Fsp3) is 0.182. The Balaban J connectivity index is 1.57. The molecule has 31 heavy (non-hydrogen) atoms. The first-order valence-electron chi connectivity index (χ1n) is 9.94. The van der Waals surface area contributed by atoms with Gasteiger partial charge < -0.3 is 5.11 Å². The quantitative estimate of drug-likeness (QED) is 0.385. The molecule has 5 rings (SSSR count). The summed E-state index contributed by atoms with van der Waals surface area (Å²) in [4.78, 5) is 4.79. The fourth-order valence-electron chi connectivity index (χ4n) is 3.92. The van der Waals surface area contributed by atoms with Crippen LogP contribution in [0.3, 0.4) is 0 Å². The van der Waals surface area contributed by atoms with Crippen molar-refractivity contribution in [3.05, 3.63) is 66.0 Å². The maximum atomic E-state index is 13.2. The van der Waals surface area contributed by atoms with Crippen LogP contribution in [0.15, 0.2) is 69.8 Å². The maximum Gasteiger partial charge on any atom is 0.261 e. The number of nitrogens with zero attached hydrogens (tertiary/aromatic N) is 2. The molecule has 3 aromatic carbocycles. The number of anilines is 1. The third kappa shape index (κ3) is 3.86. The molecule has 3 N–H and O–H groups in total. The molecule has 9 heteroatoms. The van der Waals surface area contributed by atoms with Crippen LogP contribution in [0.1, 0.15) is 24.0 Å². The zero-order valence-corrected chi connectivity index (χ0v) is 18.1. The van der Waals surface area contributed by atoms with Crippen LogP contribution in [0.2, 0.25) is 0 Å². The molecule has 4 aromatic rings. The summed E-state index contributed by atoms with van der Waals surface area (Å²) in [5.41, 5.74) is 2.73. The Hall–Kier alpha value is -3.04. The number of sulfonamides is 1. The number of phenolic OH excluding ortho intramolecular Hbond substituents is 1. The monoisotopic (exact) mass is 452 g/mol. The molecule has 0 radical (unpaired) electrons. The average Bonchev–Trinajstić information content (AvgIpc) is 3.29. The van der Waals surface area contributed by atoms with Gasteiger partial charge in [-0.2, -0.15) is 5.10 Å². The number of phenols is 1. The van der Waals surface area contributed by atoms with Crippen LogP contribution in [0.5, 0.6) is 5.75 Å². The number of nitrogens with one attached hydrogen (secondary N) is 2. The first kappa shape index (κ1) is 19.9. The lowest BCUT2D eigenvalue weighted by molar-refractivity contribution is 0.469.